The molecule has 0 fully saturated rings. The fourth-order valence-electron chi connectivity index (χ4n) is 1.71. The lowest BCUT2D eigenvalue weighted by atomic mass is 9.99. The number of para-hydroxylation sites is 1. The first-order chi connectivity index (χ1) is 8.76. The lowest BCUT2D eigenvalue weighted by molar-refractivity contribution is -0.391. The first-order valence-electron chi connectivity index (χ1n) is 4.94. The van der Waals surface area contributed by atoms with Crippen LogP contribution in [0.15, 0.2) is 30.5 Å². The van der Waals surface area contributed by atoms with Crippen molar-refractivity contribution >= 4 is 5.69 Å². The summed E-state index contributed by atoms with van der Waals surface area (Å²) in [7, 11) is 0. The number of nitrogens with one attached hydrogen (secondary N) is 1. The highest BCUT2D eigenvalue weighted by Gasteiger charge is 2.45. The van der Waals surface area contributed by atoms with Gasteiger partial charge in [-0.2, -0.15) is 13.2 Å². The maximum absolute atomic E-state index is 12.7. The van der Waals surface area contributed by atoms with Crippen molar-refractivity contribution < 1.29 is 28.0 Å². The molecule has 1 aliphatic rings. The molecule has 0 radical (unpaired) electrons. The van der Waals surface area contributed by atoms with Crippen LogP contribution in [0.3, 0.4) is 0 Å². The van der Waals surface area contributed by atoms with Gasteiger partial charge >= 0.3 is 6.18 Å². The zero-order chi connectivity index (χ0) is 14.3. The van der Waals surface area contributed by atoms with Crippen LogP contribution in [0.1, 0.15) is 11.1 Å². The van der Waals surface area contributed by atoms with Gasteiger partial charge < -0.3 is 5.11 Å². The maximum atomic E-state index is 12.7. The van der Waals surface area contributed by atoms with Gasteiger partial charge in [-0.3, -0.25) is 15.6 Å². The van der Waals surface area contributed by atoms with Gasteiger partial charge in [0.05, 0.1) is 10.5 Å². The maximum Gasteiger partial charge on any atom is 0.423 e. The normalized spacial score (nSPS) is 22.3. The van der Waals surface area contributed by atoms with Gasteiger partial charge in [0.2, 0.25) is 5.79 Å². The van der Waals surface area contributed by atoms with E-state index >= 15 is 0 Å². The Balaban J connectivity index is 2.69. The molecule has 1 aromatic carbocycles. The number of benzene rings is 1. The Morgan fingerprint density at radius 1 is 1.42 bits per heavy atom. The molecule has 1 aliphatic heterocycles. The van der Waals surface area contributed by atoms with Crippen LogP contribution in [-0.4, -0.2) is 10.0 Å². The van der Waals surface area contributed by atoms with Crippen LogP contribution in [-0.2, 0) is 16.8 Å². The Morgan fingerprint density at radius 3 is 2.58 bits per heavy atom. The largest absolute Gasteiger partial charge is 0.423 e. The van der Waals surface area contributed by atoms with E-state index in [1.54, 1.807) is 0 Å². The standard InChI is InChI=1S/C10H7F3N2O4/c11-10(12,13)7-3-1-2-6(8(7)15(17)18)9(16)4-5-14-19-9/h1-5,14,16H. The monoisotopic (exact) mass is 276 g/mol. The van der Waals surface area contributed by atoms with Crippen LogP contribution >= 0.6 is 0 Å². The van der Waals surface area contributed by atoms with Gasteiger partial charge in [0.1, 0.15) is 5.56 Å². The Hall–Kier alpha value is -2.13. The van der Waals surface area contributed by atoms with E-state index in [1.165, 1.54) is 0 Å². The first-order valence-corrected chi connectivity index (χ1v) is 4.94. The number of nitrogens with zero attached hydrogens (tertiary/aromatic N) is 1. The molecule has 1 unspecified atom stereocenters. The summed E-state index contributed by atoms with van der Waals surface area (Å²) in [5.41, 5.74) is -1.20. The van der Waals surface area contributed by atoms with Crippen LogP contribution in [0.25, 0.3) is 0 Å². The van der Waals surface area contributed by atoms with Crippen molar-refractivity contribution in [1.29, 1.82) is 0 Å². The van der Waals surface area contributed by atoms with Crippen LogP contribution in [0, 0.1) is 10.1 Å². The lowest BCUT2D eigenvalue weighted by Gasteiger charge is -2.20. The number of hydrogen-bond acceptors (Lipinski definition) is 5. The molecule has 1 atom stereocenters. The molecule has 0 spiro atoms. The minimum atomic E-state index is -4.91. The van der Waals surface area contributed by atoms with Crippen LogP contribution in [0.5, 0.6) is 0 Å². The van der Waals surface area contributed by atoms with Crippen molar-refractivity contribution in [2.75, 3.05) is 0 Å². The Bertz CT molecular complexity index is 558. The predicted molar refractivity (Wildman–Crippen MR) is 55.4 cm³/mol. The van der Waals surface area contributed by atoms with E-state index < -0.39 is 33.7 Å². The zero-order valence-corrected chi connectivity index (χ0v) is 9.14. The van der Waals surface area contributed by atoms with Gasteiger partial charge in [-0.15, -0.1) is 0 Å². The molecule has 19 heavy (non-hydrogen) atoms. The molecule has 0 aromatic heterocycles. The van der Waals surface area contributed by atoms with E-state index in [-0.39, 0.29) is 0 Å². The summed E-state index contributed by atoms with van der Waals surface area (Å²) in [6.07, 6.45) is -2.83. The highest BCUT2D eigenvalue weighted by atomic mass is 19.4. The summed E-state index contributed by atoms with van der Waals surface area (Å²) in [5.74, 6) is -2.32. The Kier molecular flexibility index (Phi) is 2.95. The Morgan fingerprint density at radius 2 is 2.11 bits per heavy atom. The summed E-state index contributed by atoms with van der Waals surface area (Å²) < 4.78 is 38.2. The minimum absolute atomic E-state index is 0.567. The van der Waals surface area contributed by atoms with Gasteiger partial charge in [0.25, 0.3) is 5.69 Å². The van der Waals surface area contributed by atoms with E-state index in [0.717, 1.165) is 24.4 Å². The zero-order valence-electron chi connectivity index (χ0n) is 9.14. The summed E-state index contributed by atoms with van der Waals surface area (Å²) in [6, 6.07) is 2.51. The van der Waals surface area contributed by atoms with Crippen LogP contribution in [0.4, 0.5) is 18.9 Å². The SMILES string of the molecule is O=[N+]([O-])c1c(C(F)(F)F)cccc1C1(O)C=CNO1. The molecule has 0 saturated carbocycles. The third-order valence-electron chi connectivity index (χ3n) is 2.50. The topological polar surface area (TPSA) is 84.6 Å². The van der Waals surface area contributed by atoms with Crippen molar-refractivity contribution in [2.45, 2.75) is 12.0 Å². The van der Waals surface area contributed by atoms with Gasteiger partial charge in [-0.05, 0) is 18.2 Å². The molecule has 0 aliphatic carbocycles. The second-order valence-corrected chi connectivity index (χ2v) is 3.71. The number of nitro benzene ring substituents is 1. The number of hydroxylamine groups is 1. The second kappa shape index (κ2) is 4.21. The van der Waals surface area contributed by atoms with Crippen LogP contribution < -0.4 is 5.48 Å². The molecule has 2 rings (SSSR count). The summed E-state index contributed by atoms with van der Waals surface area (Å²) >= 11 is 0. The third-order valence-corrected chi connectivity index (χ3v) is 2.50. The summed E-state index contributed by atoms with van der Waals surface area (Å²) in [5, 5.41) is 20.8. The van der Waals surface area contributed by atoms with Crippen molar-refractivity contribution in [2.24, 2.45) is 0 Å². The minimum Gasteiger partial charge on any atom is -0.357 e. The smallest absolute Gasteiger partial charge is 0.357 e. The highest BCUT2D eigenvalue weighted by Crippen LogP contribution is 2.42. The molecular formula is C10H7F3N2O4. The predicted octanol–water partition coefficient (Wildman–Crippen LogP) is 1.81. The molecule has 1 aromatic rings. The molecule has 2 N–H and O–H groups in total. The molecule has 0 saturated heterocycles. The van der Waals surface area contributed by atoms with Gasteiger partial charge in [0.15, 0.2) is 0 Å². The van der Waals surface area contributed by atoms with E-state index in [9.17, 15) is 28.4 Å². The van der Waals surface area contributed by atoms with Gasteiger partial charge in [-0.1, -0.05) is 6.07 Å². The molecular weight excluding hydrogens is 269 g/mol. The molecule has 9 heteroatoms. The number of nitro groups is 1. The van der Waals surface area contributed by atoms with Gasteiger partial charge in [-0.25, -0.2) is 4.84 Å². The number of hydrogen-bond donors (Lipinski definition) is 2. The summed E-state index contributed by atoms with van der Waals surface area (Å²) in [6.45, 7) is 0. The third kappa shape index (κ3) is 2.25. The van der Waals surface area contributed by atoms with E-state index in [2.05, 4.69) is 10.3 Å². The quantitative estimate of drug-likeness (QED) is 0.635. The van der Waals surface area contributed by atoms with Crippen molar-refractivity contribution in [1.82, 2.24) is 5.48 Å². The van der Waals surface area contributed by atoms with Crippen LogP contribution in [0.2, 0.25) is 0 Å². The molecule has 1 heterocycles. The van der Waals surface area contributed by atoms with Gasteiger partial charge in [0, 0.05) is 6.20 Å². The average molecular weight is 276 g/mol. The van der Waals surface area contributed by atoms with Crippen molar-refractivity contribution in [3.63, 3.8) is 0 Å². The summed E-state index contributed by atoms with van der Waals surface area (Å²) in [4.78, 5) is 14.3. The Labute approximate surface area is 104 Å². The van der Waals surface area contributed by atoms with E-state index in [0.29, 0.717) is 6.07 Å². The molecule has 0 amide bonds. The van der Waals surface area contributed by atoms with Crippen molar-refractivity contribution in [3.05, 3.63) is 51.7 Å². The number of rotatable bonds is 2. The highest BCUT2D eigenvalue weighted by molar-refractivity contribution is 5.52. The first kappa shape index (κ1) is 13.3. The number of halogens is 3. The molecule has 102 valence electrons. The fourth-order valence-corrected chi connectivity index (χ4v) is 1.71. The van der Waals surface area contributed by atoms with E-state index in [4.69, 9.17) is 0 Å². The number of aliphatic hydroxyl groups is 1. The number of alkyl halides is 3. The average Bonchev–Trinajstić information content (AvgIpc) is 2.75. The van der Waals surface area contributed by atoms with E-state index in [1.807, 2.05) is 0 Å². The second-order valence-electron chi connectivity index (χ2n) is 3.71. The fraction of sp³-hybridized carbons (Fsp3) is 0.200. The van der Waals surface area contributed by atoms with Crippen molar-refractivity contribution in [3.8, 4) is 0 Å². The molecule has 6 nitrogen and oxygen atoms in total. The lowest BCUT2D eigenvalue weighted by Crippen LogP contribution is -2.28. The molecule has 0 bridgehead atoms.